The van der Waals surface area contributed by atoms with Gasteiger partial charge in [0, 0.05) is 0 Å². The Labute approximate surface area is 214 Å². The highest BCUT2D eigenvalue weighted by molar-refractivity contribution is 5.33. The minimum Gasteiger partial charge on any atom is -0.490 e. The van der Waals surface area contributed by atoms with E-state index in [-0.39, 0.29) is 11.7 Å². The summed E-state index contributed by atoms with van der Waals surface area (Å²) >= 11 is 0. The Morgan fingerprint density at radius 1 is 0.657 bits per heavy atom. The molecule has 0 radical (unpaired) electrons. The summed E-state index contributed by atoms with van der Waals surface area (Å²) < 4.78 is 35.3. The van der Waals surface area contributed by atoms with Crippen LogP contribution in [0.3, 0.4) is 0 Å². The molecule has 0 aliphatic heterocycles. The normalized spacial score (nSPS) is 25.0. The highest BCUT2D eigenvalue weighted by atomic mass is 19.2. The summed E-state index contributed by atoms with van der Waals surface area (Å²) in [5, 5.41) is 0. The predicted molar refractivity (Wildman–Crippen MR) is 144 cm³/mol. The van der Waals surface area contributed by atoms with Crippen molar-refractivity contribution in [1.82, 2.24) is 0 Å². The van der Waals surface area contributed by atoms with Crippen molar-refractivity contribution in [3.8, 4) is 5.75 Å². The van der Waals surface area contributed by atoms with Crippen molar-refractivity contribution in [1.29, 1.82) is 0 Å². The summed E-state index contributed by atoms with van der Waals surface area (Å²) in [5.74, 6) is 1.40. The molecule has 0 spiro atoms. The first-order valence-corrected chi connectivity index (χ1v) is 15.2. The van der Waals surface area contributed by atoms with Crippen molar-refractivity contribution in [2.75, 3.05) is 6.61 Å². The van der Waals surface area contributed by atoms with E-state index in [0.29, 0.717) is 12.2 Å². The molecule has 0 aromatic heterocycles. The van der Waals surface area contributed by atoms with E-state index in [2.05, 4.69) is 13.8 Å². The number of hydrogen-bond donors (Lipinski definition) is 0. The Morgan fingerprint density at radius 2 is 1.23 bits per heavy atom. The van der Waals surface area contributed by atoms with Gasteiger partial charge in [-0.05, 0) is 80.2 Å². The molecule has 0 saturated heterocycles. The summed E-state index contributed by atoms with van der Waals surface area (Å²) in [7, 11) is 0. The molecule has 2 fully saturated rings. The van der Waals surface area contributed by atoms with Crippen LogP contribution in [-0.4, -0.2) is 6.61 Å². The van der Waals surface area contributed by atoms with Gasteiger partial charge in [-0.1, -0.05) is 97.0 Å². The Morgan fingerprint density at radius 3 is 1.89 bits per heavy atom. The van der Waals surface area contributed by atoms with Gasteiger partial charge in [-0.15, -0.1) is 0 Å². The second-order valence-corrected chi connectivity index (χ2v) is 11.6. The molecule has 2 aliphatic carbocycles. The van der Waals surface area contributed by atoms with Crippen molar-refractivity contribution in [2.45, 2.75) is 142 Å². The first-order chi connectivity index (χ1) is 17.1. The Balaban J connectivity index is 1.38. The lowest BCUT2D eigenvalue weighted by Crippen LogP contribution is -2.25. The second kappa shape index (κ2) is 15.9. The van der Waals surface area contributed by atoms with E-state index in [4.69, 9.17) is 4.74 Å². The molecule has 3 rings (SSSR count). The summed E-state index contributed by atoms with van der Waals surface area (Å²) in [5.41, 5.74) is 0.573. The Bertz CT molecular complexity index is 702. The Hall–Kier alpha value is -1.12. The molecule has 0 bridgehead atoms. The molecule has 1 aromatic rings. The third-order valence-corrected chi connectivity index (χ3v) is 9.07. The molecule has 0 N–H and O–H groups in total. The van der Waals surface area contributed by atoms with Crippen LogP contribution in [-0.2, 0) is 0 Å². The summed E-state index contributed by atoms with van der Waals surface area (Å²) in [6.45, 7) is 4.97. The molecule has 35 heavy (non-hydrogen) atoms. The monoisotopic (exact) mass is 490 g/mol. The second-order valence-electron chi connectivity index (χ2n) is 11.6. The maximum Gasteiger partial charge on any atom is 0.200 e. The maximum absolute atomic E-state index is 15.0. The van der Waals surface area contributed by atoms with E-state index in [9.17, 15) is 8.78 Å². The molecule has 0 heterocycles. The third kappa shape index (κ3) is 9.04. The van der Waals surface area contributed by atoms with Gasteiger partial charge in [-0.25, -0.2) is 4.39 Å². The van der Waals surface area contributed by atoms with E-state index in [1.165, 1.54) is 96.3 Å². The lowest BCUT2D eigenvalue weighted by Gasteiger charge is -2.38. The van der Waals surface area contributed by atoms with Crippen LogP contribution in [0.15, 0.2) is 12.1 Å². The first-order valence-electron chi connectivity index (χ1n) is 15.2. The zero-order chi connectivity index (χ0) is 24.9. The number of benzene rings is 1. The molecule has 0 amide bonds. The lowest BCUT2D eigenvalue weighted by atomic mass is 9.68. The van der Waals surface area contributed by atoms with Crippen molar-refractivity contribution in [3.63, 3.8) is 0 Å². The molecule has 1 nitrogen and oxygen atoms in total. The average Bonchev–Trinajstić information content (AvgIpc) is 2.89. The molecule has 0 unspecified atom stereocenters. The quantitative estimate of drug-likeness (QED) is 0.222. The topological polar surface area (TPSA) is 9.23 Å². The zero-order valence-corrected chi connectivity index (χ0v) is 22.8. The third-order valence-electron chi connectivity index (χ3n) is 9.07. The van der Waals surface area contributed by atoms with Crippen molar-refractivity contribution in [3.05, 3.63) is 29.3 Å². The van der Waals surface area contributed by atoms with Crippen LogP contribution in [0.5, 0.6) is 5.75 Å². The van der Waals surface area contributed by atoms with Crippen LogP contribution in [0.25, 0.3) is 0 Å². The van der Waals surface area contributed by atoms with Gasteiger partial charge in [-0.3, -0.25) is 0 Å². The first kappa shape index (κ1) is 28.5. The summed E-state index contributed by atoms with van der Waals surface area (Å²) in [6.07, 6.45) is 23.8. The highest BCUT2D eigenvalue weighted by Gasteiger charge is 2.32. The molecule has 3 heteroatoms. The molecule has 1 aromatic carbocycles. The van der Waals surface area contributed by atoms with E-state index in [1.807, 2.05) is 0 Å². The number of unbranched alkanes of at least 4 members (excludes halogenated alkanes) is 8. The van der Waals surface area contributed by atoms with E-state index in [1.54, 1.807) is 12.1 Å². The average molecular weight is 491 g/mol. The molecular weight excluding hydrogens is 438 g/mol. The maximum atomic E-state index is 15.0. The lowest BCUT2D eigenvalue weighted by molar-refractivity contribution is 0.155. The summed E-state index contributed by atoms with van der Waals surface area (Å²) in [4.78, 5) is 0. The number of hydrogen-bond acceptors (Lipinski definition) is 1. The zero-order valence-electron chi connectivity index (χ0n) is 22.8. The standard InChI is InChI=1S/C32H52F2O/c1-3-5-7-8-9-10-12-24-35-30-23-22-29(31(33)32(30)34)28-20-18-27(19-21-28)26-16-14-25(15-17-26)13-11-6-4-2/h22-23,25-28H,3-21,24H2,1-2H3. The van der Waals surface area contributed by atoms with Gasteiger partial charge in [0.25, 0.3) is 0 Å². The number of ether oxygens (including phenoxy) is 1. The highest BCUT2D eigenvalue weighted by Crippen LogP contribution is 2.45. The van der Waals surface area contributed by atoms with Crippen molar-refractivity contribution >= 4 is 0 Å². The van der Waals surface area contributed by atoms with Gasteiger partial charge in [0.2, 0.25) is 5.82 Å². The predicted octanol–water partition coefficient (Wildman–Crippen LogP) is 10.8. The van der Waals surface area contributed by atoms with Crippen LogP contribution in [0.4, 0.5) is 8.78 Å². The summed E-state index contributed by atoms with van der Waals surface area (Å²) in [6, 6.07) is 3.46. The fourth-order valence-electron chi connectivity index (χ4n) is 6.75. The minimum absolute atomic E-state index is 0.0848. The number of rotatable bonds is 15. The molecule has 0 atom stereocenters. The van der Waals surface area contributed by atoms with Crippen LogP contribution < -0.4 is 4.74 Å². The molecule has 2 saturated carbocycles. The van der Waals surface area contributed by atoms with E-state index in [0.717, 1.165) is 43.4 Å². The van der Waals surface area contributed by atoms with Crippen LogP contribution >= 0.6 is 0 Å². The molecule has 2 aliphatic rings. The fraction of sp³-hybridized carbons (Fsp3) is 0.812. The van der Waals surface area contributed by atoms with Crippen molar-refractivity contribution in [2.24, 2.45) is 17.8 Å². The largest absolute Gasteiger partial charge is 0.490 e. The van der Waals surface area contributed by atoms with Crippen LogP contribution in [0.1, 0.15) is 147 Å². The van der Waals surface area contributed by atoms with Gasteiger partial charge < -0.3 is 4.74 Å². The van der Waals surface area contributed by atoms with Gasteiger partial charge in [0.1, 0.15) is 0 Å². The fourth-order valence-corrected chi connectivity index (χ4v) is 6.75. The van der Waals surface area contributed by atoms with Crippen LogP contribution in [0.2, 0.25) is 0 Å². The van der Waals surface area contributed by atoms with Crippen molar-refractivity contribution < 1.29 is 13.5 Å². The van der Waals surface area contributed by atoms with Gasteiger partial charge in [0.05, 0.1) is 6.61 Å². The van der Waals surface area contributed by atoms with E-state index < -0.39 is 11.6 Å². The molecule has 200 valence electrons. The Kier molecular flexibility index (Phi) is 12.9. The minimum atomic E-state index is -0.783. The van der Waals surface area contributed by atoms with Crippen LogP contribution in [0, 0.1) is 29.4 Å². The SMILES string of the molecule is CCCCCCCCCOc1ccc(C2CCC(C3CCC(CCCCC)CC3)CC2)c(F)c1F. The van der Waals surface area contributed by atoms with E-state index >= 15 is 0 Å². The van der Waals surface area contributed by atoms with Gasteiger partial charge >= 0.3 is 0 Å². The van der Waals surface area contributed by atoms with Gasteiger partial charge in [0.15, 0.2) is 11.6 Å². The molecular formula is C32H52F2O. The smallest absolute Gasteiger partial charge is 0.200 e. The number of halogens is 2. The van der Waals surface area contributed by atoms with Gasteiger partial charge in [-0.2, -0.15) is 4.39 Å².